The van der Waals surface area contributed by atoms with Gasteiger partial charge in [-0.2, -0.15) is 5.10 Å². The van der Waals surface area contributed by atoms with Gasteiger partial charge >= 0.3 is 0 Å². The van der Waals surface area contributed by atoms with Gasteiger partial charge in [-0.05, 0) is 35.9 Å². The van der Waals surface area contributed by atoms with E-state index in [0.717, 1.165) is 34.0 Å². The highest BCUT2D eigenvalue weighted by atomic mass is 16.5. The van der Waals surface area contributed by atoms with Crippen molar-refractivity contribution in [2.75, 3.05) is 14.2 Å². The first-order valence-corrected chi connectivity index (χ1v) is 9.17. The van der Waals surface area contributed by atoms with E-state index < -0.39 is 0 Å². The van der Waals surface area contributed by atoms with E-state index in [9.17, 15) is 0 Å². The average Bonchev–Trinajstić information content (AvgIpc) is 3.18. The van der Waals surface area contributed by atoms with Crippen LogP contribution in [-0.2, 0) is 6.54 Å². The predicted molar refractivity (Wildman–Crippen MR) is 112 cm³/mol. The fourth-order valence-electron chi connectivity index (χ4n) is 3.23. The highest BCUT2D eigenvalue weighted by Crippen LogP contribution is 2.30. The van der Waals surface area contributed by atoms with Crippen LogP contribution >= 0.6 is 0 Å². The molecule has 4 nitrogen and oxygen atoms in total. The monoisotopic (exact) mass is 370 g/mol. The minimum Gasteiger partial charge on any atom is -0.497 e. The molecule has 0 saturated heterocycles. The van der Waals surface area contributed by atoms with Crippen LogP contribution in [0.1, 0.15) is 5.56 Å². The summed E-state index contributed by atoms with van der Waals surface area (Å²) in [5.74, 6) is 1.64. The second-order valence-electron chi connectivity index (χ2n) is 6.52. The van der Waals surface area contributed by atoms with E-state index in [1.807, 2.05) is 65.3 Å². The lowest BCUT2D eigenvalue weighted by Gasteiger charge is -2.09. The molecule has 0 aliphatic rings. The molecule has 0 aliphatic heterocycles. The van der Waals surface area contributed by atoms with Crippen LogP contribution in [0.25, 0.3) is 22.5 Å². The van der Waals surface area contributed by atoms with Crippen LogP contribution in [0.3, 0.4) is 0 Å². The van der Waals surface area contributed by atoms with Crippen LogP contribution in [0, 0.1) is 0 Å². The number of ether oxygens (including phenoxy) is 2. The lowest BCUT2D eigenvalue weighted by molar-refractivity contribution is 0.415. The molecule has 0 N–H and O–H groups in total. The molecule has 4 rings (SSSR count). The first-order valence-electron chi connectivity index (χ1n) is 9.17. The maximum absolute atomic E-state index is 5.41. The van der Waals surface area contributed by atoms with Gasteiger partial charge in [0.05, 0.1) is 32.2 Å². The van der Waals surface area contributed by atoms with Gasteiger partial charge < -0.3 is 9.47 Å². The maximum atomic E-state index is 5.41. The topological polar surface area (TPSA) is 36.3 Å². The van der Waals surface area contributed by atoms with E-state index in [4.69, 9.17) is 14.6 Å². The van der Waals surface area contributed by atoms with Crippen molar-refractivity contribution in [3.8, 4) is 34.0 Å². The second kappa shape index (κ2) is 8.01. The Labute approximate surface area is 165 Å². The zero-order valence-electron chi connectivity index (χ0n) is 16.0. The number of rotatable bonds is 6. The van der Waals surface area contributed by atoms with Crippen LogP contribution in [-0.4, -0.2) is 24.0 Å². The fraction of sp³-hybridized carbons (Fsp3) is 0.125. The Kier molecular flexibility index (Phi) is 5.11. The molecule has 0 atom stereocenters. The molecule has 0 bridgehead atoms. The zero-order chi connectivity index (χ0) is 19.3. The number of nitrogens with zero attached hydrogens (tertiary/aromatic N) is 2. The van der Waals surface area contributed by atoms with Crippen molar-refractivity contribution in [1.29, 1.82) is 0 Å². The summed E-state index contributed by atoms with van der Waals surface area (Å²) < 4.78 is 12.8. The predicted octanol–water partition coefficient (Wildman–Crippen LogP) is 5.28. The Morgan fingerprint density at radius 1 is 0.714 bits per heavy atom. The summed E-state index contributed by atoms with van der Waals surface area (Å²) >= 11 is 0. The molecule has 0 amide bonds. The van der Waals surface area contributed by atoms with E-state index >= 15 is 0 Å². The molecule has 1 aromatic heterocycles. The van der Waals surface area contributed by atoms with Crippen molar-refractivity contribution in [1.82, 2.24) is 9.78 Å². The molecule has 0 spiro atoms. The van der Waals surface area contributed by atoms with Gasteiger partial charge in [0.15, 0.2) is 0 Å². The Bertz CT molecular complexity index is 1070. The van der Waals surface area contributed by atoms with Crippen LogP contribution in [0.15, 0.2) is 84.9 Å². The molecule has 1 heterocycles. The van der Waals surface area contributed by atoms with Gasteiger partial charge in [0, 0.05) is 11.1 Å². The van der Waals surface area contributed by atoms with Crippen LogP contribution < -0.4 is 9.47 Å². The number of methoxy groups -OCH3 is 2. The van der Waals surface area contributed by atoms with Gasteiger partial charge in [-0.25, -0.2) is 0 Å². The zero-order valence-corrected chi connectivity index (χ0v) is 16.0. The van der Waals surface area contributed by atoms with Crippen molar-refractivity contribution >= 4 is 0 Å². The molecule has 0 radical (unpaired) electrons. The highest BCUT2D eigenvalue weighted by molar-refractivity contribution is 5.70. The molecule has 4 heteroatoms. The number of hydrogen-bond acceptors (Lipinski definition) is 3. The summed E-state index contributed by atoms with van der Waals surface area (Å²) in [5, 5.41) is 4.90. The molecular formula is C24H22N2O2. The molecule has 140 valence electrons. The van der Waals surface area contributed by atoms with E-state index in [0.29, 0.717) is 6.54 Å². The summed E-state index contributed by atoms with van der Waals surface area (Å²) in [5.41, 5.74) is 5.24. The second-order valence-corrected chi connectivity index (χ2v) is 6.52. The lowest BCUT2D eigenvalue weighted by Crippen LogP contribution is -2.04. The lowest BCUT2D eigenvalue weighted by atomic mass is 10.1. The summed E-state index contributed by atoms with van der Waals surface area (Å²) in [6.07, 6.45) is 0. The number of hydrogen-bond donors (Lipinski definition) is 0. The summed E-state index contributed by atoms with van der Waals surface area (Å²) in [6, 6.07) is 28.5. The van der Waals surface area contributed by atoms with Gasteiger partial charge in [0.2, 0.25) is 0 Å². The normalized spacial score (nSPS) is 10.6. The number of aromatic nitrogens is 2. The number of benzene rings is 3. The van der Waals surface area contributed by atoms with Crippen molar-refractivity contribution in [2.45, 2.75) is 6.54 Å². The van der Waals surface area contributed by atoms with Crippen molar-refractivity contribution in [2.24, 2.45) is 0 Å². The van der Waals surface area contributed by atoms with Gasteiger partial charge in [0.1, 0.15) is 11.5 Å². The fourth-order valence-corrected chi connectivity index (χ4v) is 3.23. The smallest absolute Gasteiger partial charge is 0.119 e. The Hall–Kier alpha value is -3.53. The van der Waals surface area contributed by atoms with Crippen LogP contribution in [0.2, 0.25) is 0 Å². The summed E-state index contributed by atoms with van der Waals surface area (Å²) in [6.45, 7) is 0.692. The molecular weight excluding hydrogens is 348 g/mol. The van der Waals surface area contributed by atoms with Crippen LogP contribution in [0.4, 0.5) is 0 Å². The Morgan fingerprint density at radius 3 is 2.04 bits per heavy atom. The van der Waals surface area contributed by atoms with E-state index in [1.54, 1.807) is 14.2 Å². The largest absolute Gasteiger partial charge is 0.497 e. The molecule has 28 heavy (non-hydrogen) atoms. The molecule has 0 fully saturated rings. The van der Waals surface area contributed by atoms with Gasteiger partial charge in [-0.3, -0.25) is 4.68 Å². The van der Waals surface area contributed by atoms with E-state index in [2.05, 4.69) is 24.3 Å². The first kappa shape index (κ1) is 17.9. The minimum atomic E-state index is 0.692. The maximum Gasteiger partial charge on any atom is 0.119 e. The van der Waals surface area contributed by atoms with E-state index in [-0.39, 0.29) is 0 Å². The quantitative estimate of drug-likeness (QED) is 0.463. The van der Waals surface area contributed by atoms with Crippen molar-refractivity contribution in [3.05, 3.63) is 90.5 Å². The third-order valence-electron chi connectivity index (χ3n) is 4.69. The van der Waals surface area contributed by atoms with Gasteiger partial charge in [-0.1, -0.05) is 54.6 Å². The molecule has 0 aliphatic carbocycles. The van der Waals surface area contributed by atoms with Crippen molar-refractivity contribution in [3.63, 3.8) is 0 Å². The minimum absolute atomic E-state index is 0.692. The third-order valence-corrected chi connectivity index (χ3v) is 4.69. The summed E-state index contributed by atoms with van der Waals surface area (Å²) in [4.78, 5) is 0. The summed E-state index contributed by atoms with van der Waals surface area (Å²) in [7, 11) is 3.36. The first-order chi connectivity index (χ1) is 13.8. The molecule has 3 aromatic carbocycles. The van der Waals surface area contributed by atoms with Gasteiger partial charge in [0.25, 0.3) is 0 Å². The van der Waals surface area contributed by atoms with Gasteiger partial charge in [-0.15, -0.1) is 0 Å². The van der Waals surface area contributed by atoms with E-state index in [1.165, 1.54) is 5.56 Å². The standard InChI is InChI=1S/C24H22N2O2/c1-27-21-12-6-10-19(14-21)23-16-24(20-11-7-13-22(15-20)28-2)26(25-23)17-18-8-4-3-5-9-18/h3-16H,17H2,1-2H3. The average molecular weight is 370 g/mol. The van der Waals surface area contributed by atoms with Crippen LogP contribution in [0.5, 0.6) is 11.5 Å². The Morgan fingerprint density at radius 2 is 1.36 bits per heavy atom. The Balaban J connectivity index is 1.81. The SMILES string of the molecule is COc1cccc(-c2cc(-c3cccc(OC)c3)n(Cc3ccccc3)n2)c1. The highest BCUT2D eigenvalue weighted by Gasteiger charge is 2.13. The third kappa shape index (κ3) is 3.76. The molecule has 4 aromatic rings. The van der Waals surface area contributed by atoms with Crippen molar-refractivity contribution < 1.29 is 9.47 Å². The molecule has 0 unspecified atom stereocenters. The molecule has 0 saturated carbocycles.